The monoisotopic (exact) mass is 401 g/mol. The third-order valence-electron chi connectivity index (χ3n) is 5.32. The lowest BCUT2D eigenvalue weighted by Gasteiger charge is -2.35. The number of morpholine rings is 1. The van der Waals surface area contributed by atoms with Crippen LogP contribution in [0.4, 0.5) is 10.5 Å². The molecule has 0 saturated carbocycles. The van der Waals surface area contributed by atoms with Crippen molar-refractivity contribution in [2.24, 2.45) is 0 Å². The molecule has 0 unspecified atom stereocenters. The lowest BCUT2D eigenvalue weighted by atomic mass is 10.1. The standard InChI is InChI=1S/C21H24ClN3O3/c1-27-19-4-2-3-16(10-19)23-21(26)24-17-9-18-13-28-20(12-25(18)11-17)14-5-7-15(22)8-6-14/h2-8,10,17-18,20H,9,11-13H2,1H3,(H2,23,24,26)/t17-,18+,20-/m1/s1. The Morgan fingerprint density at radius 3 is 2.82 bits per heavy atom. The third kappa shape index (κ3) is 4.41. The summed E-state index contributed by atoms with van der Waals surface area (Å²) < 4.78 is 11.3. The first kappa shape index (κ1) is 19.1. The number of hydrogen-bond donors (Lipinski definition) is 2. The first-order valence-electron chi connectivity index (χ1n) is 9.43. The molecular weight excluding hydrogens is 378 g/mol. The zero-order valence-electron chi connectivity index (χ0n) is 15.7. The molecule has 0 aromatic heterocycles. The van der Waals surface area contributed by atoms with Gasteiger partial charge in [0.25, 0.3) is 0 Å². The van der Waals surface area contributed by atoms with Gasteiger partial charge in [0.2, 0.25) is 0 Å². The first-order valence-corrected chi connectivity index (χ1v) is 9.81. The number of anilines is 1. The van der Waals surface area contributed by atoms with Crippen LogP contribution in [0.2, 0.25) is 5.02 Å². The van der Waals surface area contributed by atoms with Gasteiger partial charge in [-0.15, -0.1) is 0 Å². The maximum atomic E-state index is 12.4. The van der Waals surface area contributed by atoms with Gasteiger partial charge in [-0.25, -0.2) is 4.79 Å². The molecule has 28 heavy (non-hydrogen) atoms. The number of nitrogens with one attached hydrogen (secondary N) is 2. The van der Waals surface area contributed by atoms with Gasteiger partial charge in [-0.2, -0.15) is 0 Å². The highest BCUT2D eigenvalue weighted by molar-refractivity contribution is 6.30. The molecule has 7 heteroatoms. The molecule has 6 nitrogen and oxygen atoms in total. The van der Waals surface area contributed by atoms with Gasteiger partial charge in [-0.1, -0.05) is 29.8 Å². The molecule has 2 aromatic rings. The smallest absolute Gasteiger partial charge is 0.319 e. The summed E-state index contributed by atoms with van der Waals surface area (Å²) in [5, 5.41) is 6.68. The van der Waals surface area contributed by atoms with E-state index in [1.165, 1.54) is 0 Å². The molecule has 2 N–H and O–H groups in total. The number of rotatable bonds is 4. The van der Waals surface area contributed by atoms with Gasteiger partial charge < -0.3 is 20.1 Å². The third-order valence-corrected chi connectivity index (χ3v) is 5.57. The Bertz CT molecular complexity index is 830. The quantitative estimate of drug-likeness (QED) is 0.820. The summed E-state index contributed by atoms with van der Waals surface area (Å²) in [4.78, 5) is 14.8. The van der Waals surface area contributed by atoms with Gasteiger partial charge in [0.15, 0.2) is 0 Å². The van der Waals surface area contributed by atoms with Crippen LogP contribution >= 0.6 is 11.6 Å². The summed E-state index contributed by atoms with van der Waals surface area (Å²) in [6.45, 7) is 2.31. The van der Waals surface area contributed by atoms with Crippen LogP contribution in [0.3, 0.4) is 0 Å². The van der Waals surface area contributed by atoms with Gasteiger partial charge in [-0.05, 0) is 36.2 Å². The van der Waals surface area contributed by atoms with Crippen molar-refractivity contribution in [3.63, 3.8) is 0 Å². The van der Waals surface area contributed by atoms with E-state index < -0.39 is 0 Å². The Morgan fingerprint density at radius 1 is 1.21 bits per heavy atom. The predicted octanol–water partition coefficient (Wildman–Crippen LogP) is 3.68. The van der Waals surface area contributed by atoms with Crippen molar-refractivity contribution in [3.8, 4) is 5.75 Å². The van der Waals surface area contributed by atoms with Crippen LogP contribution in [0.5, 0.6) is 5.75 Å². The normalized spacial score (nSPS) is 24.4. The van der Waals surface area contributed by atoms with Crippen molar-refractivity contribution in [2.45, 2.75) is 24.6 Å². The van der Waals surface area contributed by atoms with Crippen molar-refractivity contribution in [1.29, 1.82) is 0 Å². The first-order chi connectivity index (χ1) is 13.6. The average molecular weight is 402 g/mol. The number of urea groups is 1. The highest BCUT2D eigenvalue weighted by Crippen LogP contribution is 2.31. The number of halogens is 1. The highest BCUT2D eigenvalue weighted by atomic mass is 35.5. The van der Waals surface area contributed by atoms with Crippen LogP contribution in [0.15, 0.2) is 48.5 Å². The summed E-state index contributed by atoms with van der Waals surface area (Å²) in [5.74, 6) is 0.709. The topological polar surface area (TPSA) is 62.8 Å². The van der Waals surface area contributed by atoms with E-state index in [1.54, 1.807) is 13.2 Å². The van der Waals surface area contributed by atoms with Crippen molar-refractivity contribution in [1.82, 2.24) is 10.2 Å². The van der Waals surface area contributed by atoms with Crippen LogP contribution in [-0.2, 0) is 4.74 Å². The zero-order valence-corrected chi connectivity index (χ0v) is 16.5. The van der Waals surface area contributed by atoms with E-state index >= 15 is 0 Å². The Kier molecular flexibility index (Phi) is 5.71. The zero-order chi connectivity index (χ0) is 19.5. The van der Waals surface area contributed by atoms with Gasteiger partial charge in [-0.3, -0.25) is 4.90 Å². The Morgan fingerprint density at radius 2 is 2.04 bits per heavy atom. The van der Waals surface area contributed by atoms with Crippen LogP contribution in [-0.4, -0.2) is 49.8 Å². The summed E-state index contributed by atoms with van der Waals surface area (Å²) in [6.07, 6.45) is 0.927. The van der Waals surface area contributed by atoms with E-state index in [0.717, 1.165) is 30.1 Å². The Hall–Kier alpha value is -2.28. The van der Waals surface area contributed by atoms with Crippen molar-refractivity contribution >= 4 is 23.3 Å². The molecule has 148 valence electrons. The van der Waals surface area contributed by atoms with Crippen LogP contribution in [0.1, 0.15) is 18.1 Å². The second-order valence-electron chi connectivity index (χ2n) is 7.24. The average Bonchev–Trinajstić information content (AvgIpc) is 3.09. The van der Waals surface area contributed by atoms with E-state index in [9.17, 15) is 4.79 Å². The molecule has 2 heterocycles. The minimum absolute atomic E-state index is 0.0397. The summed E-state index contributed by atoms with van der Waals surface area (Å²) in [6, 6.07) is 15.4. The predicted molar refractivity (Wildman–Crippen MR) is 109 cm³/mol. The van der Waals surface area contributed by atoms with Gasteiger partial charge in [0.1, 0.15) is 5.75 Å². The number of carbonyl (C=O) groups excluding carboxylic acids is 1. The number of hydrogen-bond acceptors (Lipinski definition) is 4. The number of amides is 2. The fraction of sp³-hybridized carbons (Fsp3) is 0.381. The van der Waals surface area contributed by atoms with Gasteiger partial charge >= 0.3 is 6.03 Å². The van der Waals surface area contributed by atoms with E-state index in [2.05, 4.69) is 15.5 Å². The number of ether oxygens (including phenoxy) is 2. The molecule has 0 spiro atoms. The molecule has 0 bridgehead atoms. The van der Waals surface area contributed by atoms with E-state index in [-0.39, 0.29) is 18.2 Å². The minimum Gasteiger partial charge on any atom is -0.497 e. The van der Waals surface area contributed by atoms with E-state index in [4.69, 9.17) is 21.1 Å². The molecule has 2 aromatic carbocycles. The molecule has 2 aliphatic rings. The molecule has 0 aliphatic carbocycles. The molecule has 4 rings (SSSR count). The maximum absolute atomic E-state index is 12.4. The van der Waals surface area contributed by atoms with Gasteiger partial charge in [0, 0.05) is 41.9 Å². The summed E-state index contributed by atoms with van der Waals surface area (Å²) in [7, 11) is 1.60. The maximum Gasteiger partial charge on any atom is 0.319 e. The molecular formula is C21H24ClN3O3. The molecule has 2 saturated heterocycles. The van der Waals surface area contributed by atoms with Crippen LogP contribution in [0.25, 0.3) is 0 Å². The minimum atomic E-state index is -0.201. The fourth-order valence-corrected chi connectivity index (χ4v) is 4.04. The largest absolute Gasteiger partial charge is 0.497 e. The molecule has 2 fully saturated rings. The second-order valence-corrected chi connectivity index (χ2v) is 7.68. The lowest BCUT2D eigenvalue weighted by molar-refractivity contribution is -0.0502. The Balaban J connectivity index is 1.31. The summed E-state index contributed by atoms with van der Waals surface area (Å²) >= 11 is 5.98. The number of methoxy groups -OCH3 is 1. The van der Waals surface area contributed by atoms with Crippen LogP contribution in [0, 0.1) is 0 Å². The number of nitrogens with zero attached hydrogens (tertiary/aromatic N) is 1. The number of benzene rings is 2. The van der Waals surface area contributed by atoms with Gasteiger partial charge in [0.05, 0.1) is 19.8 Å². The molecule has 2 aliphatic heterocycles. The van der Waals surface area contributed by atoms with E-state index in [0.29, 0.717) is 24.1 Å². The van der Waals surface area contributed by atoms with Crippen molar-refractivity contribution in [2.75, 3.05) is 32.1 Å². The van der Waals surface area contributed by atoms with Crippen molar-refractivity contribution < 1.29 is 14.3 Å². The van der Waals surface area contributed by atoms with E-state index in [1.807, 2.05) is 42.5 Å². The summed E-state index contributed by atoms with van der Waals surface area (Å²) in [5.41, 5.74) is 1.84. The Labute approximate surface area is 169 Å². The SMILES string of the molecule is COc1cccc(NC(=O)N[C@@H]2C[C@H]3CO[C@@H](c4ccc(Cl)cc4)CN3C2)c1. The second kappa shape index (κ2) is 8.39. The highest BCUT2D eigenvalue weighted by Gasteiger charge is 2.38. The van der Waals surface area contributed by atoms with Crippen molar-refractivity contribution in [3.05, 3.63) is 59.1 Å². The number of fused-ring (bicyclic) bond motifs is 1. The number of carbonyl (C=O) groups is 1. The lowest BCUT2D eigenvalue weighted by Crippen LogP contribution is -2.43. The fourth-order valence-electron chi connectivity index (χ4n) is 3.91. The molecule has 0 radical (unpaired) electrons. The van der Waals surface area contributed by atoms with Crippen LogP contribution < -0.4 is 15.4 Å². The molecule has 3 atom stereocenters. The molecule has 2 amide bonds.